The summed E-state index contributed by atoms with van der Waals surface area (Å²) in [6, 6.07) is 7.26. The fourth-order valence-electron chi connectivity index (χ4n) is 3.19. The highest BCUT2D eigenvalue weighted by Gasteiger charge is 2.31. The van der Waals surface area contributed by atoms with E-state index in [-0.39, 0.29) is 16.9 Å². The third kappa shape index (κ3) is 3.78. The van der Waals surface area contributed by atoms with Crippen LogP contribution in [0.15, 0.2) is 56.8 Å². The monoisotopic (exact) mass is 467 g/mol. The van der Waals surface area contributed by atoms with Crippen LogP contribution in [0.2, 0.25) is 0 Å². The van der Waals surface area contributed by atoms with Crippen molar-refractivity contribution in [2.45, 2.75) is 33.0 Å². The summed E-state index contributed by atoms with van der Waals surface area (Å²) in [6.45, 7) is 4.86. The molecule has 0 saturated heterocycles. The maximum absolute atomic E-state index is 13.2. The normalized spacial score (nSPS) is 11.9. The van der Waals surface area contributed by atoms with Gasteiger partial charge in [0, 0.05) is 23.5 Å². The fraction of sp³-hybridized carbons (Fsp3) is 0.250. The average molecular weight is 468 g/mol. The van der Waals surface area contributed by atoms with Crippen LogP contribution in [-0.4, -0.2) is 14.1 Å². The van der Waals surface area contributed by atoms with Gasteiger partial charge in [0.2, 0.25) is 0 Å². The highest BCUT2D eigenvalue weighted by atomic mass is 79.9. The van der Waals surface area contributed by atoms with Crippen molar-refractivity contribution in [3.63, 3.8) is 0 Å². The van der Waals surface area contributed by atoms with E-state index in [2.05, 4.69) is 20.9 Å². The number of aromatic nitrogens is 3. The number of nitrogens with zero attached hydrogens (tertiary/aromatic N) is 3. The van der Waals surface area contributed by atoms with E-state index in [0.29, 0.717) is 10.2 Å². The Balaban J connectivity index is 2.45. The lowest BCUT2D eigenvalue weighted by Gasteiger charge is -2.20. The lowest BCUT2D eigenvalue weighted by molar-refractivity contribution is -0.137. The molecule has 0 unspecified atom stereocenters. The summed E-state index contributed by atoms with van der Waals surface area (Å²) in [5.41, 5.74) is -1.22. The van der Waals surface area contributed by atoms with Gasteiger partial charge < -0.3 is 0 Å². The van der Waals surface area contributed by atoms with Crippen LogP contribution in [0, 0.1) is 6.92 Å². The second kappa shape index (κ2) is 7.62. The summed E-state index contributed by atoms with van der Waals surface area (Å²) in [5, 5.41) is 0. The van der Waals surface area contributed by atoms with Crippen LogP contribution in [0.4, 0.5) is 13.2 Å². The van der Waals surface area contributed by atoms with Crippen molar-refractivity contribution in [3.8, 4) is 16.8 Å². The molecule has 0 N–H and O–H groups in total. The van der Waals surface area contributed by atoms with E-state index >= 15 is 0 Å². The minimum atomic E-state index is -4.56. The van der Waals surface area contributed by atoms with Gasteiger partial charge in [-0.2, -0.15) is 13.2 Å². The van der Waals surface area contributed by atoms with Crippen LogP contribution < -0.4 is 11.2 Å². The summed E-state index contributed by atoms with van der Waals surface area (Å²) in [6.07, 6.45) is -3.03. The minimum Gasteiger partial charge on any atom is -0.268 e. The molecule has 2 heterocycles. The van der Waals surface area contributed by atoms with E-state index in [4.69, 9.17) is 0 Å². The predicted octanol–water partition coefficient (Wildman–Crippen LogP) is 4.73. The van der Waals surface area contributed by atoms with E-state index in [1.807, 2.05) is 0 Å². The molecule has 29 heavy (non-hydrogen) atoms. The Morgan fingerprint density at radius 2 is 1.79 bits per heavy atom. The highest BCUT2D eigenvalue weighted by molar-refractivity contribution is 9.10. The van der Waals surface area contributed by atoms with Crippen molar-refractivity contribution < 1.29 is 13.2 Å². The number of halogens is 4. The van der Waals surface area contributed by atoms with Gasteiger partial charge in [0.25, 0.3) is 5.56 Å². The topological polar surface area (TPSA) is 56.9 Å². The molecule has 0 fully saturated rings. The molecule has 0 saturated carbocycles. The first-order valence-electron chi connectivity index (χ1n) is 8.70. The zero-order chi connectivity index (χ0) is 21.5. The van der Waals surface area contributed by atoms with E-state index < -0.39 is 29.0 Å². The Morgan fingerprint density at radius 3 is 2.38 bits per heavy atom. The highest BCUT2D eigenvalue weighted by Crippen LogP contribution is 2.31. The molecule has 1 aromatic carbocycles. The molecule has 5 nitrogen and oxygen atoms in total. The Hall–Kier alpha value is -2.68. The number of hydrogen-bond donors (Lipinski definition) is 0. The van der Waals surface area contributed by atoms with Crippen molar-refractivity contribution in [2.75, 3.05) is 0 Å². The van der Waals surface area contributed by atoms with Crippen LogP contribution >= 0.6 is 15.9 Å². The zero-order valence-corrected chi connectivity index (χ0v) is 17.4. The quantitative estimate of drug-likeness (QED) is 0.523. The molecule has 0 atom stereocenters. The summed E-state index contributed by atoms with van der Waals surface area (Å²) < 4.78 is 42.1. The minimum absolute atomic E-state index is 0.0259. The van der Waals surface area contributed by atoms with Gasteiger partial charge in [-0.15, -0.1) is 0 Å². The SMILES string of the molecule is Cc1c(-c2cccnc2Br)c(=O)n(C(C)C)c(=O)n1-c1cccc(C(F)(F)F)c1. The van der Waals surface area contributed by atoms with Crippen LogP contribution in [0.5, 0.6) is 0 Å². The molecule has 0 aliphatic rings. The van der Waals surface area contributed by atoms with E-state index in [1.165, 1.54) is 25.3 Å². The van der Waals surface area contributed by atoms with E-state index in [1.54, 1.807) is 26.0 Å². The Morgan fingerprint density at radius 1 is 1.10 bits per heavy atom. The average Bonchev–Trinajstić information content (AvgIpc) is 2.62. The zero-order valence-electron chi connectivity index (χ0n) is 15.8. The first kappa shape index (κ1) is 21.0. The standard InChI is InChI=1S/C20H17BrF3N3O2/c1-11(2)26-18(28)16(15-8-5-9-25-17(15)21)12(3)27(19(26)29)14-7-4-6-13(10-14)20(22,23)24/h4-11H,1-3H3. The fourth-order valence-corrected chi connectivity index (χ4v) is 3.64. The summed E-state index contributed by atoms with van der Waals surface area (Å²) in [5.74, 6) is 0. The summed E-state index contributed by atoms with van der Waals surface area (Å²) in [7, 11) is 0. The van der Waals surface area contributed by atoms with Gasteiger partial charge in [0.05, 0.1) is 16.8 Å². The third-order valence-electron chi connectivity index (χ3n) is 4.50. The second-order valence-electron chi connectivity index (χ2n) is 6.74. The van der Waals surface area contributed by atoms with Gasteiger partial charge in [-0.05, 0) is 67.0 Å². The number of alkyl halides is 3. The lowest BCUT2D eigenvalue weighted by Crippen LogP contribution is -2.42. The van der Waals surface area contributed by atoms with Crippen molar-refractivity contribution in [1.29, 1.82) is 0 Å². The first-order chi connectivity index (χ1) is 13.5. The molecule has 152 valence electrons. The molecular weight excluding hydrogens is 451 g/mol. The van der Waals surface area contributed by atoms with Gasteiger partial charge >= 0.3 is 11.9 Å². The van der Waals surface area contributed by atoms with Gasteiger partial charge in [0.15, 0.2) is 0 Å². The molecule has 0 aliphatic heterocycles. The maximum Gasteiger partial charge on any atom is 0.416 e. The smallest absolute Gasteiger partial charge is 0.268 e. The molecule has 3 rings (SSSR count). The van der Waals surface area contributed by atoms with Crippen molar-refractivity contribution in [2.24, 2.45) is 0 Å². The van der Waals surface area contributed by atoms with Crippen LogP contribution in [0.25, 0.3) is 16.8 Å². The Bertz CT molecular complexity index is 1200. The van der Waals surface area contributed by atoms with Crippen LogP contribution in [0.1, 0.15) is 31.1 Å². The Labute approximate surface area is 172 Å². The molecule has 2 aromatic heterocycles. The number of hydrogen-bond acceptors (Lipinski definition) is 3. The molecule has 0 spiro atoms. The van der Waals surface area contributed by atoms with Gasteiger partial charge in [-0.25, -0.2) is 9.78 Å². The Kier molecular flexibility index (Phi) is 5.53. The summed E-state index contributed by atoms with van der Waals surface area (Å²) in [4.78, 5) is 30.4. The summed E-state index contributed by atoms with van der Waals surface area (Å²) >= 11 is 3.30. The molecule has 3 aromatic rings. The number of rotatable bonds is 3. The second-order valence-corrected chi connectivity index (χ2v) is 7.49. The molecular formula is C20H17BrF3N3O2. The van der Waals surface area contributed by atoms with Gasteiger partial charge in [-0.3, -0.25) is 13.9 Å². The van der Waals surface area contributed by atoms with Crippen molar-refractivity contribution >= 4 is 15.9 Å². The lowest BCUT2D eigenvalue weighted by atomic mass is 10.1. The first-order valence-corrected chi connectivity index (χ1v) is 9.50. The van der Waals surface area contributed by atoms with Crippen LogP contribution in [-0.2, 0) is 6.18 Å². The van der Waals surface area contributed by atoms with Crippen molar-refractivity contribution in [3.05, 3.63) is 79.3 Å². The predicted molar refractivity (Wildman–Crippen MR) is 107 cm³/mol. The van der Waals surface area contributed by atoms with Crippen molar-refractivity contribution in [1.82, 2.24) is 14.1 Å². The van der Waals surface area contributed by atoms with Crippen LogP contribution in [0.3, 0.4) is 0 Å². The van der Waals surface area contributed by atoms with Gasteiger partial charge in [-0.1, -0.05) is 6.07 Å². The molecule has 0 radical (unpaired) electrons. The largest absolute Gasteiger partial charge is 0.416 e. The number of benzene rings is 1. The molecule has 0 bridgehead atoms. The molecule has 9 heteroatoms. The molecule has 0 aliphatic carbocycles. The van der Waals surface area contributed by atoms with Gasteiger partial charge in [0.1, 0.15) is 4.60 Å². The molecule has 0 amide bonds. The third-order valence-corrected chi connectivity index (χ3v) is 5.14. The number of pyridine rings is 1. The van der Waals surface area contributed by atoms with E-state index in [9.17, 15) is 22.8 Å². The maximum atomic E-state index is 13.2. The van der Waals surface area contributed by atoms with E-state index in [0.717, 1.165) is 21.3 Å².